The highest BCUT2D eigenvalue weighted by atomic mass is 16.5. The lowest BCUT2D eigenvalue weighted by atomic mass is 9.76. The van der Waals surface area contributed by atoms with Gasteiger partial charge in [-0.3, -0.25) is 4.79 Å². The molecular weight excluding hydrogens is 236 g/mol. The maximum Gasteiger partial charge on any atom is 0.336 e. The van der Waals surface area contributed by atoms with Gasteiger partial charge in [-0.15, -0.1) is 0 Å². The molecule has 1 unspecified atom stereocenters. The van der Waals surface area contributed by atoms with Gasteiger partial charge in [0.15, 0.2) is 6.10 Å². The molecule has 0 aromatic rings. The van der Waals surface area contributed by atoms with E-state index >= 15 is 0 Å². The summed E-state index contributed by atoms with van der Waals surface area (Å²) < 4.78 is 4.39. The molecule has 104 valence electrons. The minimum Gasteiger partial charge on any atom is -0.467 e. The van der Waals surface area contributed by atoms with E-state index in [9.17, 15) is 14.7 Å². The zero-order valence-electron chi connectivity index (χ0n) is 11.0. The molecular formula is C12H22N2O4. The van der Waals surface area contributed by atoms with Crippen molar-refractivity contribution >= 4 is 11.9 Å². The van der Waals surface area contributed by atoms with Crippen molar-refractivity contribution in [3.05, 3.63) is 0 Å². The summed E-state index contributed by atoms with van der Waals surface area (Å²) in [7, 11) is 1.20. The number of rotatable bonds is 5. The largest absolute Gasteiger partial charge is 0.467 e. The number of amides is 1. The van der Waals surface area contributed by atoms with Crippen LogP contribution in [0.3, 0.4) is 0 Å². The third kappa shape index (κ3) is 3.43. The number of methoxy groups -OCH3 is 1. The molecule has 1 fully saturated rings. The van der Waals surface area contributed by atoms with E-state index in [0.717, 1.165) is 32.4 Å². The van der Waals surface area contributed by atoms with E-state index < -0.39 is 12.1 Å². The lowest BCUT2D eigenvalue weighted by molar-refractivity contribution is -0.150. The second-order valence-electron chi connectivity index (χ2n) is 4.63. The molecule has 1 saturated heterocycles. The predicted molar refractivity (Wildman–Crippen MR) is 65.9 cm³/mol. The normalized spacial score (nSPS) is 19.9. The van der Waals surface area contributed by atoms with Crippen molar-refractivity contribution in [3.8, 4) is 0 Å². The van der Waals surface area contributed by atoms with Crippen molar-refractivity contribution < 1.29 is 19.4 Å². The van der Waals surface area contributed by atoms with Gasteiger partial charge in [-0.1, -0.05) is 6.92 Å². The van der Waals surface area contributed by atoms with Crippen molar-refractivity contribution in [3.63, 3.8) is 0 Å². The van der Waals surface area contributed by atoms with Gasteiger partial charge in [-0.25, -0.2) is 4.79 Å². The zero-order valence-corrected chi connectivity index (χ0v) is 11.0. The zero-order chi connectivity index (χ0) is 13.6. The van der Waals surface area contributed by atoms with Crippen LogP contribution in [0.1, 0.15) is 26.2 Å². The van der Waals surface area contributed by atoms with Crippen LogP contribution in [0.2, 0.25) is 0 Å². The maximum absolute atomic E-state index is 12.2. The molecule has 18 heavy (non-hydrogen) atoms. The summed E-state index contributed by atoms with van der Waals surface area (Å²) in [6.45, 7) is 3.53. The van der Waals surface area contributed by atoms with E-state index in [-0.39, 0.29) is 17.9 Å². The average Bonchev–Trinajstić information content (AvgIpc) is 2.43. The van der Waals surface area contributed by atoms with E-state index in [4.69, 9.17) is 0 Å². The molecule has 6 nitrogen and oxygen atoms in total. The Morgan fingerprint density at radius 2 is 2.06 bits per heavy atom. The minimum absolute atomic E-state index is 0.0885. The van der Waals surface area contributed by atoms with Gasteiger partial charge in [0.05, 0.1) is 19.1 Å². The van der Waals surface area contributed by atoms with Gasteiger partial charge in [0, 0.05) is 0 Å². The number of hydrogen-bond acceptors (Lipinski definition) is 5. The van der Waals surface area contributed by atoms with Crippen LogP contribution in [0.4, 0.5) is 0 Å². The van der Waals surface area contributed by atoms with E-state index in [0.29, 0.717) is 0 Å². The number of esters is 1. The number of ether oxygens (including phenoxy) is 1. The minimum atomic E-state index is -1.30. The maximum atomic E-state index is 12.2. The Labute approximate surface area is 107 Å². The third-order valence-electron chi connectivity index (χ3n) is 3.65. The first-order valence-electron chi connectivity index (χ1n) is 6.30. The van der Waals surface area contributed by atoms with Gasteiger partial charge in [-0.05, 0) is 32.4 Å². The summed E-state index contributed by atoms with van der Waals surface area (Å²) in [5.41, 5.74) is -0.374. The number of hydrogen-bond donors (Lipinski definition) is 3. The summed E-state index contributed by atoms with van der Waals surface area (Å²) in [6, 6.07) is 0. The Bertz CT molecular complexity index is 300. The highest BCUT2D eigenvalue weighted by Crippen LogP contribution is 2.32. The summed E-state index contributed by atoms with van der Waals surface area (Å²) in [5.74, 6) is -0.819. The first-order chi connectivity index (χ1) is 8.55. The van der Waals surface area contributed by atoms with Crippen molar-refractivity contribution in [2.75, 3.05) is 26.7 Å². The lowest BCUT2D eigenvalue weighted by Gasteiger charge is -2.35. The first kappa shape index (κ1) is 14.9. The molecule has 3 N–H and O–H groups in total. The number of nitrogens with one attached hydrogen (secondary N) is 2. The number of carbonyl (C=O) groups excluding carboxylic acids is 2. The molecule has 6 heteroatoms. The molecule has 1 heterocycles. The van der Waals surface area contributed by atoms with Crippen LogP contribution in [-0.4, -0.2) is 49.8 Å². The van der Waals surface area contributed by atoms with Crippen LogP contribution in [0.25, 0.3) is 0 Å². The van der Waals surface area contributed by atoms with E-state index in [1.165, 1.54) is 7.11 Å². The van der Waals surface area contributed by atoms with E-state index in [1.807, 2.05) is 6.92 Å². The number of aliphatic hydroxyl groups excluding tert-OH is 1. The standard InChI is InChI=1S/C12H22N2O4/c1-3-12(4-6-13-7-5-12)11(17)14-8-9(15)10(16)18-2/h9,13,15H,3-8H2,1-2H3,(H,14,17). The molecule has 1 rings (SSSR count). The van der Waals surface area contributed by atoms with Crippen LogP contribution in [0, 0.1) is 5.41 Å². The topological polar surface area (TPSA) is 87.7 Å². The van der Waals surface area contributed by atoms with Crippen LogP contribution in [-0.2, 0) is 14.3 Å². The Kier molecular flexibility index (Phi) is 5.55. The number of aliphatic hydroxyl groups is 1. The lowest BCUT2D eigenvalue weighted by Crippen LogP contribution is -2.49. The van der Waals surface area contributed by atoms with Crippen LogP contribution < -0.4 is 10.6 Å². The molecule has 1 aliphatic heterocycles. The number of piperidine rings is 1. The van der Waals surface area contributed by atoms with Crippen LogP contribution in [0.5, 0.6) is 0 Å². The van der Waals surface area contributed by atoms with Crippen molar-refractivity contribution in [1.82, 2.24) is 10.6 Å². The molecule has 1 amide bonds. The van der Waals surface area contributed by atoms with E-state index in [2.05, 4.69) is 15.4 Å². The molecule has 0 aromatic heterocycles. The summed E-state index contributed by atoms with van der Waals surface area (Å²) in [5, 5.41) is 15.3. The molecule has 1 aliphatic rings. The number of carbonyl (C=O) groups is 2. The molecule has 0 spiro atoms. The Morgan fingerprint density at radius 1 is 1.44 bits per heavy atom. The Balaban J connectivity index is 2.50. The average molecular weight is 258 g/mol. The quantitative estimate of drug-likeness (QED) is 0.574. The van der Waals surface area contributed by atoms with Gasteiger partial charge >= 0.3 is 5.97 Å². The fourth-order valence-corrected chi connectivity index (χ4v) is 2.24. The monoisotopic (exact) mass is 258 g/mol. The second kappa shape index (κ2) is 6.70. The summed E-state index contributed by atoms with van der Waals surface area (Å²) in [6.07, 6.45) is 1.02. The molecule has 0 aromatic carbocycles. The molecule has 0 bridgehead atoms. The van der Waals surface area contributed by atoms with Crippen LogP contribution in [0.15, 0.2) is 0 Å². The van der Waals surface area contributed by atoms with Crippen LogP contribution >= 0.6 is 0 Å². The van der Waals surface area contributed by atoms with Gasteiger partial charge < -0.3 is 20.5 Å². The molecule has 1 atom stereocenters. The van der Waals surface area contributed by atoms with Crippen molar-refractivity contribution in [1.29, 1.82) is 0 Å². The predicted octanol–water partition coefficient (Wildman–Crippen LogP) is -0.584. The molecule has 0 radical (unpaired) electrons. The SMILES string of the molecule is CCC1(C(=O)NCC(O)C(=O)OC)CCNCC1. The fraction of sp³-hybridized carbons (Fsp3) is 0.833. The second-order valence-corrected chi connectivity index (χ2v) is 4.63. The van der Waals surface area contributed by atoms with Gasteiger partial charge in [0.25, 0.3) is 0 Å². The molecule has 0 aliphatic carbocycles. The van der Waals surface area contributed by atoms with E-state index in [1.54, 1.807) is 0 Å². The molecule has 0 saturated carbocycles. The highest BCUT2D eigenvalue weighted by molar-refractivity contribution is 5.83. The Hall–Kier alpha value is -1.14. The third-order valence-corrected chi connectivity index (χ3v) is 3.65. The van der Waals surface area contributed by atoms with Crippen molar-refractivity contribution in [2.24, 2.45) is 5.41 Å². The summed E-state index contributed by atoms with van der Waals surface area (Å²) >= 11 is 0. The first-order valence-corrected chi connectivity index (χ1v) is 6.30. The smallest absolute Gasteiger partial charge is 0.336 e. The summed E-state index contributed by atoms with van der Waals surface area (Å²) in [4.78, 5) is 23.2. The van der Waals surface area contributed by atoms with Crippen molar-refractivity contribution in [2.45, 2.75) is 32.3 Å². The van der Waals surface area contributed by atoms with Gasteiger partial charge in [0.2, 0.25) is 5.91 Å². The fourth-order valence-electron chi connectivity index (χ4n) is 2.24. The Morgan fingerprint density at radius 3 is 2.56 bits per heavy atom. The van der Waals surface area contributed by atoms with Gasteiger partial charge in [-0.2, -0.15) is 0 Å². The highest BCUT2D eigenvalue weighted by Gasteiger charge is 2.37. The van der Waals surface area contributed by atoms with Gasteiger partial charge in [0.1, 0.15) is 0 Å².